The summed E-state index contributed by atoms with van der Waals surface area (Å²) in [7, 11) is 1.88. The first-order valence-corrected chi connectivity index (χ1v) is 5.53. The molecule has 0 spiro atoms. The molecule has 1 aromatic rings. The van der Waals surface area contributed by atoms with Crippen molar-refractivity contribution in [2.24, 2.45) is 7.05 Å². The molecule has 0 aliphatic rings. The molecule has 1 N–H and O–H groups in total. The Labute approximate surface area is 95.5 Å². The summed E-state index contributed by atoms with van der Waals surface area (Å²) >= 11 is 4.06. The van der Waals surface area contributed by atoms with Crippen LogP contribution in [-0.4, -0.2) is 20.9 Å². The molecule has 1 aromatic heterocycles. The van der Waals surface area contributed by atoms with Crippen LogP contribution in [0.1, 0.15) is 25.1 Å². The molecule has 84 valence electrons. The number of rotatable bonds is 4. The van der Waals surface area contributed by atoms with Crippen molar-refractivity contribution in [3.63, 3.8) is 0 Å². The number of nitrogens with one attached hydrogen (secondary N) is 1. The van der Waals surface area contributed by atoms with Crippen LogP contribution in [0.15, 0.2) is 6.20 Å². The molecule has 0 saturated carbocycles. The third kappa shape index (κ3) is 3.27. The van der Waals surface area contributed by atoms with Crippen molar-refractivity contribution >= 4 is 18.5 Å². The Balaban J connectivity index is 2.60. The van der Waals surface area contributed by atoms with Gasteiger partial charge >= 0.3 is 0 Å². The average Bonchev–Trinajstić information content (AvgIpc) is 2.55. The molecule has 0 aliphatic carbocycles. The lowest BCUT2D eigenvalue weighted by Crippen LogP contribution is -2.29. The van der Waals surface area contributed by atoms with Gasteiger partial charge in [-0.05, 0) is 13.3 Å². The molecule has 0 saturated heterocycles. The SMILES string of the molecule is CCc1nn(C)cc1CNC(=O)C(C)S. The van der Waals surface area contributed by atoms with E-state index in [9.17, 15) is 4.79 Å². The average molecular weight is 227 g/mol. The van der Waals surface area contributed by atoms with Crippen LogP contribution in [0.2, 0.25) is 0 Å². The standard InChI is InChI=1S/C10H17N3OS/c1-4-9-8(6-13(3)12-9)5-11-10(14)7(2)15/h6-7,15H,4-5H2,1-3H3,(H,11,14). The lowest BCUT2D eigenvalue weighted by atomic mass is 10.2. The number of thiol groups is 1. The minimum absolute atomic E-state index is 0.0516. The molecule has 1 unspecified atom stereocenters. The molecule has 0 fully saturated rings. The molecular weight excluding hydrogens is 210 g/mol. The maximum Gasteiger partial charge on any atom is 0.232 e. The zero-order chi connectivity index (χ0) is 11.4. The normalized spacial score (nSPS) is 12.5. The topological polar surface area (TPSA) is 46.9 Å². The van der Waals surface area contributed by atoms with E-state index in [0.29, 0.717) is 6.54 Å². The summed E-state index contributed by atoms with van der Waals surface area (Å²) in [6.45, 7) is 4.33. The molecule has 1 amide bonds. The highest BCUT2D eigenvalue weighted by Gasteiger charge is 2.10. The summed E-state index contributed by atoms with van der Waals surface area (Å²) in [6.07, 6.45) is 2.81. The molecule has 0 aromatic carbocycles. The van der Waals surface area contributed by atoms with Gasteiger partial charge in [-0.3, -0.25) is 9.48 Å². The van der Waals surface area contributed by atoms with Crippen LogP contribution >= 0.6 is 12.6 Å². The second-order valence-electron chi connectivity index (χ2n) is 3.52. The van der Waals surface area contributed by atoms with Crippen LogP contribution in [0, 0.1) is 0 Å². The van der Waals surface area contributed by atoms with E-state index < -0.39 is 0 Å². The molecule has 0 aliphatic heterocycles. The molecule has 15 heavy (non-hydrogen) atoms. The highest BCUT2D eigenvalue weighted by molar-refractivity contribution is 7.81. The zero-order valence-electron chi connectivity index (χ0n) is 9.32. The van der Waals surface area contributed by atoms with E-state index in [2.05, 4.69) is 30.0 Å². The summed E-state index contributed by atoms with van der Waals surface area (Å²) in [5, 5.41) is 6.84. The smallest absolute Gasteiger partial charge is 0.232 e. The van der Waals surface area contributed by atoms with E-state index >= 15 is 0 Å². The van der Waals surface area contributed by atoms with Crippen LogP contribution < -0.4 is 5.32 Å². The van der Waals surface area contributed by atoms with Crippen LogP contribution in [0.3, 0.4) is 0 Å². The van der Waals surface area contributed by atoms with Gasteiger partial charge in [-0.2, -0.15) is 17.7 Å². The van der Waals surface area contributed by atoms with Gasteiger partial charge in [0.05, 0.1) is 10.9 Å². The molecule has 4 nitrogen and oxygen atoms in total. The van der Waals surface area contributed by atoms with Gasteiger partial charge in [-0.25, -0.2) is 0 Å². The molecule has 1 heterocycles. The number of aromatic nitrogens is 2. The minimum atomic E-state index is -0.272. The van der Waals surface area contributed by atoms with Crippen molar-refractivity contribution in [1.29, 1.82) is 0 Å². The van der Waals surface area contributed by atoms with Crippen LogP contribution in [0.25, 0.3) is 0 Å². The number of carbonyl (C=O) groups is 1. The van der Waals surface area contributed by atoms with Gasteiger partial charge in [0.15, 0.2) is 0 Å². The highest BCUT2D eigenvalue weighted by atomic mass is 32.1. The Morgan fingerprint density at radius 1 is 1.73 bits per heavy atom. The van der Waals surface area contributed by atoms with E-state index in [1.54, 1.807) is 11.6 Å². The van der Waals surface area contributed by atoms with Crippen LogP contribution in [-0.2, 0) is 24.8 Å². The Bertz CT molecular complexity index is 346. The number of carbonyl (C=O) groups excluding carboxylic acids is 1. The molecule has 5 heteroatoms. The Hall–Kier alpha value is -0.970. The number of aryl methyl sites for hydroxylation is 2. The van der Waals surface area contributed by atoms with Crippen molar-refractivity contribution in [2.45, 2.75) is 32.1 Å². The van der Waals surface area contributed by atoms with Gasteiger partial charge in [-0.15, -0.1) is 0 Å². The molecular formula is C10H17N3OS. The maximum atomic E-state index is 11.3. The fourth-order valence-corrected chi connectivity index (χ4v) is 1.45. The second-order valence-corrected chi connectivity index (χ2v) is 4.30. The number of hydrogen-bond donors (Lipinski definition) is 2. The van der Waals surface area contributed by atoms with Gasteiger partial charge in [0.25, 0.3) is 0 Å². The van der Waals surface area contributed by atoms with E-state index in [-0.39, 0.29) is 11.2 Å². The van der Waals surface area contributed by atoms with Gasteiger partial charge in [0.2, 0.25) is 5.91 Å². The summed E-state index contributed by atoms with van der Waals surface area (Å²) in [4.78, 5) is 11.3. The second kappa shape index (κ2) is 5.21. The van der Waals surface area contributed by atoms with Crippen LogP contribution in [0.4, 0.5) is 0 Å². The van der Waals surface area contributed by atoms with Gasteiger partial charge < -0.3 is 5.32 Å². The summed E-state index contributed by atoms with van der Waals surface area (Å²) in [5.41, 5.74) is 2.10. The molecule has 1 atom stereocenters. The lowest BCUT2D eigenvalue weighted by molar-refractivity contribution is -0.120. The quantitative estimate of drug-likeness (QED) is 0.751. The number of nitrogens with zero attached hydrogens (tertiary/aromatic N) is 2. The predicted octanol–water partition coefficient (Wildman–Crippen LogP) is 0.917. The summed E-state index contributed by atoms with van der Waals surface area (Å²) < 4.78 is 1.77. The first-order chi connectivity index (χ1) is 7.04. The van der Waals surface area contributed by atoms with E-state index in [0.717, 1.165) is 17.7 Å². The van der Waals surface area contributed by atoms with Crippen molar-refractivity contribution in [3.8, 4) is 0 Å². The summed E-state index contributed by atoms with van der Waals surface area (Å²) in [6, 6.07) is 0. The molecule has 0 bridgehead atoms. The van der Waals surface area contributed by atoms with Crippen LogP contribution in [0.5, 0.6) is 0 Å². The lowest BCUT2D eigenvalue weighted by Gasteiger charge is -2.06. The minimum Gasteiger partial charge on any atom is -0.351 e. The Morgan fingerprint density at radius 2 is 2.40 bits per heavy atom. The van der Waals surface area contributed by atoms with E-state index in [1.165, 1.54) is 0 Å². The highest BCUT2D eigenvalue weighted by Crippen LogP contribution is 2.06. The van der Waals surface area contributed by atoms with Crippen molar-refractivity contribution in [3.05, 3.63) is 17.5 Å². The Morgan fingerprint density at radius 3 is 2.93 bits per heavy atom. The fourth-order valence-electron chi connectivity index (χ4n) is 1.36. The first kappa shape index (κ1) is 12.1. The maximum absolute atomic E-state index is 11.3. The van der Waals surface area contributed by atoms with E-state index in [4.69, 9.17) is 0 Å². The van der Waals surface area contributed by atoms with Crippen molar-refractivity contribution in [2.75, 3.05) is 0 Å². The molecule has 1 rings (SSSR count). The van der Waals surface area contributed by atoms with E-state index in [1.807, 2.05) is 13.2 Å². The fraction of sp³-hybridized carbons (Fsp3) is 0.600. The molecule has 0 radical (unpaired) electrons. The number of hydrogen-bond acceptors (Lipinski definition) is 3. The third-order valence-electron chi connectivity index (χ3n) is 2.16. The van der Waals surface area contributed by atoms with Crippen molar-refractivity contribution < 1.29 is 4.79 Å². The Kier molecular flexibility index (Phi) is 4.20. The van der Waals surface area contributed by atoms with Crippen molar-refractivity contribution in [1.82, 2.24) is 15.1 Å². The third-order valence-corrected chi connectivity index (χ3v) is 2.39. The number of amides is 1. The predicted molar refractivity (Wildman–Crippen MR) is 62.9 cm³/mol. The first-order valence-electron chi connectivity index (χ1n) is 5.01. The largest absolute Gasteiger partial charge is 0.351 e. The van der Waals surface area contributed by atoms with Gasteiger partial charge in [0.1, 0.15) is 0 Å². The summed E-state index contributed by atoms with van der Waals surface area (Å²) in [5.74, 6) is -0.0516. The zero-order valence-corrected chi connectivity index (χ0v) is 10.2. The van der Waals surface area contributed by atoms with Gasteiger partial charge in [0, 0.05) is 25.4 Å². The van der Waals surface area contributed by atoms with Gasteiger partial charge in [-0.1, -0.05) is 6.92 Å². The monoisotopic (exact) mass is 227 g/mol.